The molecule has 5 heteroatoms. The number of piperazine rings is 1. The van der Waals surface area contributed by atoms with Crippen LogP contribution >= 0.6 is 0 Å². The van der Waals surface area contributed by atoms with Crippen LogP contribution in [0.4, 0.5) is 0 Å². The maximum Gasteiger partial charge on any atom is 0.256 e. The maximum atomic E-state index is 12.7. The van der Waals surface area contributed by atoms with Crippen molar-refractivity contribution in [3.05, 3.63) is 36.0 Å². The van der Waals surface area contributed by atoms with E-state index in [9.17, 15) is 9.59 Å². The predicted molar refractivity (Wildman–Crippen MR) is 85.6 cm³/mol. The highest BCUT2D eigenvalue weighted by Crippen LogP contribution is 2.20. The third-order valence-electron chi connectivity index (χ3n) is 4.19. The van der Waals surface area contributed by atoms with Crippen LogP contribution in [0, 0.1) is 5.92 Å². The summed E-state index contributed by atoms with van der Waals surface area (Å²) in [6.45, 7) is 6.24. The Kier molecular flexibility index (Phi) is 3.88. The van der Waals surface area contributed by atoms with Crippen molar-refractivity contribution in [3.8, 4) is 0 Å². The number of carbonyl (C=O) groups excluding carboxylic acids is 2. The van der Waals surface area contributed by atoms with Crippen molar-refractivity contribution in [1.82, 2.24) is 14.8 Å². The van der Waals surface area contributed by atoms with Crippen LogP contribution in [0.15, 0.2) is 30.5 Å². The lowest BCUT2D eigenvalue weighted by molar-refractivity contribution is -0.135. The number of nitrogens with one attached hydrogen (secondary N) is 1. The van der Waals surface area contributed by atoms with E-state index in [1.807, 2.05) is 47.9 Å². The molecular formula is C17H21N3O2. The molecule has 5 nitrogen and oxygen atoms in total. The number of fused-ring (bicyclic) bond motifs is 1. The molecule has 2 heterocycles. The summed E-state index contributed by atoms with van der Waals surface area (Å²) in [5.74, 6) is 0.212. The summed E-state index contributed by atoms with van der Waals surface area (Å²) in [5.41, 5.74) is 1.68. The van der Waals surface area contributed by atoms with Crippen LogP contribution in [0.3, 0.4) is 0 Å². The Balaban J connectivity index is 1.71. The van der Waals surface area contributed by atoms with Crippen molar-refractivity contribution in [1.29, 1.82) is 0 Å². The number of amides is 2. The molecule has 22 heavy (non-hydrogen) atoms. The van der Waals surface area contributed by atoms with E-state index in [1.54, 1.807) is 6.20 Å². The normalized spacial score (nSPS) is 15.6. The van der Waals surface area contributed by atoms with Gasteiger partial charge in [0.1, 0.15) is 0 Å². The Bertz CT molecular complexity index is 697. The second-order valence-corrected chi connectivity index (χ2v) is 6.02. The minimum absolute atomic E-state index is 0.0101. The average molecular weight is 299 g/mol. The van der Waals surface area contributed by atoms with Gasteiger partial charge in [-0.15, -0.1) is 0 Å². The van der Waals surface area contributed by atoms with Crippen LogP contribution in [0.1, 0.15) is 24.2 Å². The standard InChI is InChI=1S/C17H21N3O2/c1-12(2)16(21)19-7-9-20(10-8-19)17(22)14-11-18-15-6-4-3-5-13(14)15/h3-6,11-12,18H,7-10H2,1-2H3. The fourth-order valence-corrected chi connectivity index (χ4v) is 2.91. The van der Waals surface area contributed by atoms with Crippen molar-refractivity contribution in [3.63, 3.8) is 0 Å². The van der Waals surface area contributed by atoms with E-state index < -0.39 is 0 Å². The highest BCUT2D eigenvalue weighted by molar-refractivity contribution is 6.06. The lowest BCUT2D eigenvalue weighted by atomic mass is 10.1. The molecule has 1 N–H and O–H groups in total. The van der Waals surface area contributed by atoms with Crippen LogP contribution in [-0.2, 0) is 4.79 Å². The van der Waals surface area contributed by atoms with Gasteiger partial charge in [0.05, 0.1) is 5.56 Å². The van der Waals surface area contributed by atoms with Crippen molar-refractivity contribution < 1.29 is 9.59 Å². The van der Waals surface area contributed by atoms with Gasteiger partial charge >= 0.3 is 0 Å². The molecule has 0 aliphatic carbocycles. The zero-order chi connectivity index (χ0) is 15.7. The molecule has 1 saturated heterocycles. The first-order chi connectivity index (χ1) is 10.6. The van der Waals surface area contributed by atoms with Gasteiger partial charge in [-0.3, -0.25) is 9.59 Å². The average Bonchev–Trinajstić information content (AvgIpc) is 2.97. The first-order valence-corrected chi connectivity index (χ1v) is 7.72. The van der Waals surface area contributed by atoms with Gasteiger partial charge in [0.25, 0.3) is 5.91 Å². The number of aromatic amines is 1. The molecule has 0 saturated carbocycles. The quantitative estimate of drug-likeness (QED) is 0.923. The van der Waals surface area contributed by atoms with Gasteiger partial charge in [0.2, 0.25) is 5.91 Å². The number of para-hydroxylation sites is 1. The number of nitrogens with zero attached hydrogens (tertiary/aromatic N) is 2. The van der Waals surface area contributed by atoms with Gasteiger partial charge in [0, 0.05) is 49.2 Å². The Hall–Kier alpha value is -2.30. The zero-order valence-electron chi connectivity index (χ0n) is 13.0. The van der Waals surface area contributed by atoms with Gasteiger partial charge in [-0.05, 0) is 6.07 Å². The van der Waals surface area contributed by atoms with E-state index in [0.717, 1.165) is 10.9 Å². The summed E-state index contributed by atoms with van der Waals surface area (Å²) in [6, 6.07) is 7.80. The van der Waals surface area contributed by atoms with Crippen LogP contribution in [0.5, 0.6) is 0 Å². The first-order valence-electron chi connectivity index (χ1n) is 7.72. The SMILES string of the molecule is CC(C)C(=O)N1CCN(C(=O)c2c[nH]c3ccccc23)CC1. The van der Waals surface area contributed by atoms with Gasteiger partial charge in [-0.1, -0.05) is 32.0 Å². The number of H-pyrrole nitrogens is 1. The molecule has 0 radical (unpaired) electrons. The summed E-state index contributed by atoms with van der Waals surface area (Å²) in [7, 11) is 0. The predicted octanol–water partition coefficient (Wildman–Crippen LogP) is 2.11. The number of carbonyl (C=O) groups is 2. The number of hydrogen-bond acceptors (Lipinski definition) is 2. The fourth-order valence-electron chi connectivity index (χ4n) is 2.91. The van der Waals surface area contributed by atoms with E-state index in [0.29, 0.717) is 31.7 Å². The Morgan fingerprint density at radius 2 is 1.68 bits per heavy atom. The summed E-state index contributed by atoms with van der Waals surface area (Å²) in [6.07, 6.45) is 1.78. The molecule has 3 rings (SSSR count). The smallest absolute Gasteiger partial charge is 0.256 e. The molecule has 0 atom stereocenters. The zero-order valence-corrected chi connectivity index (χ0v) is 13.0. The molecule has 1 aliphatic heterocycles. The number of aromatic nitrogens is 1. The molecule has 0 spiro atoms. The van der Waals surface area contributed by atoms with Gasteiger partial charge in [0.15, 0.2) is 0 Å². The minimum atomic E-state index is 0.0101. The van der Waals surface area contributed by atoms with Gasteiger partial charge in [-0.2, -0.15) is 0 Å². The first kappa shape index (κ1) is 14.6. The third kappa shape index (κ3) is 2.58. The van der Waals surface area contributed by atoms with Crippen molar-refractivity contribution in [2.24, 2.45) is 5.92 Å². The summed E-state index contributed by atoms with van der Waals surface area (Å²) >= 11 is 0. The van der Waals surface area contributed by atoms with Crippen molar-refractivity contribution in [2.75, 3.05) is 26.2 Å². The molecular weight excluding hydrogens is 278 g/mol. The third-order valence-corrected chi connectivity index (χ3v) is 4.19. The van der Waals surface area contributed by atoms with Crippen molar-refractivity contribution in [2.45, 2.75) is 13.8 Å². The fraction of sp³-hybridized carbons (Fsp3) is 0.412. The van der Waals surface area contributed by atoms with Crippen LogP contribution in [0.2, 0.25) is 0 Å². The Labute approximate surface area is 129 Å². The van der Waals surface area contributed by atoms with Crippen LogP contribution in [-0.4, -0.2) is 52.8 Å². The van der Waals surface area contributed by atoms with Gasteiger partial charge < -0.3 is 14.8 Å². The lowest BCUT2D eigenvalue weighted by Crippen LogP contribution is -2.51. The molecule has 2 aromatic rings. The number of hydrogen-bond donors (Lipinski definition) is 1. The van der Waals surface area contributed by atoms with Crippen molar-refractivity contribution >= 4 is 22.7 Å². The summed E-state index contributed by atoms with van der Waals surface area (Å²) in [4.78, 5) is 31.5. The number of rotatable bonds is 2. The van der Waals surface area contributed by atoms with Gasteiger partial charge in [-0.25, -0.2) is 0 Å². The Morgan fingerprint density at radius 3 is 2.36 bits per heavy atom. The maximum absolute atomic E-state index is 12.7. The molecule has 1 aromatic heterocycles. The summed E-state index contributed by atoms with van der Waals surface area (Å²) < 4.78 is 0. The molecule has 1 aliphatic rings. The van der Waals surface area contributed by atoms with Crippen LogP contribution < -0.4 is 0 Å². The minimum Gasteiger partial charge on any atom is -0.360 e. The van der Waals surface area contributed by atoms with E-state index in [1.165, 1.54) is 0 Å². The largest absolute Gasteiger partial charge is 0.360 e. The van der Waals surface area contributed by atoms with E-state index >= 15 is 0 Å². The second kappa shape index (κ2) is 5.83. The highest BCUT2D eigenvalue weighted by atomic mass is 16.2. The molecule has 1 fully saturated rings. The molecule has 0 unspecified atom stereocenters. The van der Waals surface area contributed by atoms with E-state index in [2.05, 4.69) is 4.98 Å². The van der Waals surface area contributed by atoms with Crippen LogP contribution in [0.25, 0.3) is 10.9 Å². The lowest BCUT2D eigenvalue weighted by Gasteiger charge is -2.35. The molecule has 116 valence electrons. The van der Waals surface area contributed by atoms with E-state index in [4.69, 9.17) is 0 Å². The monoisotopic (exact) mass is 299 g/mol. The molecule has 0 bridgehead atoms. The topological polar surface area (TPSA) is 56.4 Å². The highest BCUT2D eigenvalue weighted by Gasteiger charge is 2.26. The molecule has 2 amide bonds. The Morgan fingerprint density at radius 1 is 1.05 bits per heavy atom. The van der Waals surface area contributed by atoms with E-state index in [-0.39, 0.29) is 17.7 Å². The second-order valence-electron chi connectivity index (χ2n) is 6.02. The summed E-state index contributed by atoms with van der Waals surface area (Å²) in [5, 5.41) is 0.952. The number of benzene rings is 1. The molecule has 1 aromatic carbocycles.